The number of rotatable bonds is 4. The van der Waals surface area contributed by atoms with E-state index in [9.17, 15) is 0 Å². The van der Waals surface area contributed by atoms with Gasteiger partial charge in [0.1, 0.15) is 0 Å². The molecule has 3 aliphatic rings. The Morgan fingerprint density at radius 1 is 1.15 bits per heavy atom. The Morgan fingerprint density at radius 3 is 2.65 bits per heavy atom. The van der Waals surface area contributed by atoms with Crippen LogP contribution in [0.5, 0.6) is 0 Å². The second-order valence-electron chi connectivity index (χ2n) is 8.52. The Bertz CT molecular complexity index is 668. The smallest absolute Gasteiger partial charge is 0.198 e. The molecule has 0 bridgehead atoms. The van der Waals surface area contributed by atoms with E-state index in [0.717, 1.165) is 38.9 Å². The third-order valence-corrected chi connectivity index (χ3v) is 6.56. The molecule has 4 rings (SSSR count). The minimum atomic E-state index is -0.464. The van der Waals surface area contributed by atoms with Crippen molar-refractivity contribution in [3.8, 4) is 0 Å². The Labute approximate surface area is 157 Å². The Morgan fingerprint density at radius 2 is 1.92 bits per heavy atom. The molecule has 1 aromatic rings. The fourth-order valence-electron chi connectivity index (χ4n) is 4.62. The summed E-state index contributed by atoms with van der Waals surface area (Å²) in [6.45, 7) is 5.44. The van der Waals surface area contributed by atoms with Gasteiger partial charge in [-0.05, 0) is 62.3 Å². The molecule has 1 aromatic carbocycles. The number of hydroxylamine groups is 1. The van der Waals surface area contributed by atoms with Gasteiger partial charge in [0.05, 0.1) is 0 Å². The maximum atomic E-state index is 6.64. The number of aliphatic imine (C=N–C) groups is 1. The Kier molecular flexibility index (Phi) is 5.04. The maximum absolute atomic E-state index is 6.64. The largest absolute Gasteiger partial charge is 0.394 e. The van der Waals surface area contributed by atoms with Crippen molar-refractivity contribution < 1.29 is 4.84 Å². The summed E-state index contributed by atoms with van der Waals surface area (Å²) in [5, 5.41) is 0. The van der Waals surface area contributed by atoms with E-state index in [2.05, 4.69) is 33.6 Å². The molecular weight excluding hydrogens is 324 g/mol. The van der Waals surface area contributed by atoms with Crippen molar-refractivity contribution in [2.24, 2.45) is 10.7 Å². The highest BCUT2D eigenvalue weighted by Gasteiger charge is 2.31. The molecule has 26 heavy (non-hydrogen) atoms. The van der Waals surface area contributed by atoms with Gasteiger partial charge in [0, 0.05) is 18.6 Å². The van der Waals surface area contributed by atoms with Crippen LogP contribution in [0.4, 0.5) is 0 Å². The molecule has 0 radical (unpaired) electrons. The summed E-state index contributed by atoms with van der Waals surface area (Å²) in [6, 6.07) is 6.77. The summed E-state index contributed by atoms with van der Waals surface area (Å²) in [6.07, 6.45) is 11.2. The molecule has 0 saturated heterocycles. The molecule has 5 nitrogen and oxygen atoms in total. The third-order valence-electron chi connectivity index (χ3n) is 6.56. The van der Waals surface area contributed by atoms with Crippen molar-refractivity contribution >= 4 is 6.40 Å². The summed E-state index contributed by atoms with van der Waals surface area (Å²) in [4.78, 5) is 12.2. The van der Waals surface area contributed by atoms with Gasteiger partial charge in [-0.15, -0.1) is 5.48 Å². The molecule has 3 N–H and O–H groups in total. The van der Waals surface area contributed by atoms with Crippen molar-refractivity contribution in [2.45, 2.75) is 69.5 Å². The molecule has 2 aliphatic heterocycles. The predicted molar refractivity (Wildman–Crippen MR) is 105 cm³/mol. The van der Waals surface area contributed by atoms with Crippen molar-refractivity contribution in [1.82, 2.24) is 10.4 Å². The van der Waals surface area contributed by atoms with Crippen LogP contribution < -0.4 is 11.2 Å². The summed E-state index contributed by atoms with van der Waals surface area (Å²) in [5.74, 6) is 0. The highest BCUT2D eigenvalue weighted by molar-refractivity contribution is 5.51. The van der Waals surface area contributed by atoms with Crippen LogP contribution >= 0.6 is 0 Å². The van der Waals surface area contributed by atoms with Crippen LogP contribution in [0.25, 0.3) is 0 Å². The molecule has 142 valence electrons. The number of nitrogens with two attached hydrogens (primary N) is 1. The molecule has 0 spiro atoms. The first-order valence-corrected chi connectivity index (χ1v) is 10.2. The van der Waals surface area contributed by atoms with Crippen LogP contribution in [0.3, 0.4) is 0 Å². The average molecular weight is 357 g/mol. The zero-order valence-electron chi connectivity index (χ0n) is 16.0. The standard InChI is InChI=1S/C21H32N4O/c1-20(23-16-26-24-20)19-6-5-17-7-12-25(13-8-18(17)15-19)14-11-21(22)9-3-2-4-10-21/h5-6,15-16,24H,2-4,7-14,22H2,1H3. The van der Waals surface area contributed by atoms with E-state index in [-0.39, 0.29) is 5.54 Å². The van der Waals surface area contributed by atoms with E-state index < -0.39 is 5.66 Å². The Balaban J connectivity index is 1.38. The lowest BCUT2D eigenvalue weighted by atomic mass is 9.80. The minimum absolute atomic E-state index is 0.0886. The van der Waals surface area contributed by atoms with Crippen LogP contribution in [-0.4, -0.2) is 36.5 Å². The second kappa shape index (κ2) is 7.29. The van der Waals surface area contributed by atoms with Gasteiger partial charge in [-0.3, -0.25) is 0 Å². The molecule has 1 fully saturated rings. The second-order valence-corrected chi connectivity index (χ2v) is 8.52. The first-order valence-electron chi connectivity index (χ1n) is 10.2. The number of benzene rings is 1. The van der Waals surface area contributed by atoms with Gasteiger partial charge in [0.2, 0.25) is 0 Å². The van der Waals surface area contributed by atoms with E-state index in [0.29, 0.717) is 0 Å². The van der Waals surface area contributed by atoms with Crippen LogP contribution in [0.1, 0.15) is 62.1 Å². The molecule has 5 heteroatoms. The van der Waals surface area contributed by atoms with Crippen LogP contribution in [0.2, 0.25) is 0 Å². The van der Waals surface area contributed by atoms with Crippen molar-refractivity contribution in [3.63, 3.8) is 0 Å². The first-order chi connectivity index (χ1) is 12.6. The molecule has 1 aliphatic carbocycles. The number of hydrogen-bond acceptors (Lipinski definition) is 5. The van der Waals surface area contributed by atoms with Gasteiger partial charge in [-0.1, -0.05) is 37.5 Å². The molecule has 1 atom stereocenters. The summed E-state index contributed by atoms with van der Waals surface area (Å²) >= 11 is 0. The molecule has 1 unspecified atom stereocenters. The highest BCUT2D eigenvalue weighted by Crippen LogP contribution is 2.30. The van der Waals surface area contributed by atoms with Gasteiger partial charge in [0.25, 0.3) is 0 Å². The topological polar surface area (TPSA) is 62.9 Å². The van der Waals surface area contributed by atoms with Crippen LogP contribution in [0.15, 0.2) is 23.2 Å². The first kappa shape index (κ1) is 18.0. The quantitative estimate of drug-likeness (QED) is 0.871. The van der Waals surface area contributed by atoms with E-state index in [4.69, 9.17) is 10.6 Å². The lowest BCUT2D eigenvalue weighted by Gasteiger charge is -2.35. The van der Waals surface area contributed by atoms with Gasteiger partial charge in [-0.25, -0.2) is 4.99 Å². The zero-order chi connectivity index (χ0) is 18.0. The normalized spacial score (nSPS) is 28.4. The van der Waals surface area contributed by atoms with Crippen LogP contribution in [-0.2, 0) is 23.3 Å². The van der Waals surface area contributed by atoms with Gasteiger partial charge in [-0.2, -0.15) is 0 Å². The summed E-state index contributed by atoms with van der Waals surface area (Å²) in [5.41, 5.74) is 13.4. The van der Waals surface area contributed by atoms with Gasteiger partial charge in [0.15, 0.2) is 12.1 Å². The number of nitrogens with one attached hydrogen (secondary N) is 1. The SMILES string of the molecule is CC1(c2ccc3c(c2)CCN(CCC2(N)CCCCC2)CC3)N=CON1. The summed E-state index contributed by atoms with van der Waals surface area (Å²) in [7, 11) is 0. The molecule has 0 amide bonds. The molecular formula is C21H32N4O. The zero-order valence-corrected chi connectivity index (χ0v) is 16.0. The third kappa shape index (κ3) is 3.80. The maximum Gasteiger partial charge on any atom is 0.198 e. The average Bonchev–Trinajstić information content (AvgIpc) is 2.99. The number of nitrogens with zero attached hydrogens (tertiary/aromatic N) is 2. The van der Waals surface area contributed by atoms with Crippen molar-refractivity contribution in [2.75, 3.05) is 19.6 Å². The van der Waals surface area contributed by atoms with Gasteiger partial charge < -0.3 is 15.5 Å². The Hall–Kier alpha value is -1.43. The number of hydrogen-bond donors (Lipinski definition) is 2. The monoisotopic (exact) mass is 356 g/mol. The summed E-state index contributed by atoms with van der Waals surface area (Å²) < 4.78 is 0. The van der Waals surface area contributed by atoms with Crippen LogP contribution in [0, 0.1) is 0 Å². The molecule has 2 heterocycles. The number of fused-ring (bicyclic) bond motifs is 1. The highest BCUT2D eigenvalue weighted by atomic mass is 16.7. The van der Waals surface area contributed by atoms with E-state index in [1.54, 1.807) is 0 Å². The fraction of sp³-hybridized carbons (Fsp3) is 0.667. The van der Waals surface area contributed by atoms with Crippen molar-refractivity contribution in [1.29, 1.82) is 0 Å². The van der Waals surface area contributed by atoms with Gasteiger partial charge >= 0.3 is 0 Å². The fourth-order valence-corrected chi connectivity index (χ4v) is 4.62. The van der Waals surface area contributed by atoms with Crippen molar-refractivity contribution in [3.05, 3.63) is 34.9 Å². The lowest BCUT2D eigenvalue weighted by Crippen LogP contribution is -2.45. The lowest BCUT2D eigenvalue weighted by molar-refractivity contribution is 0.134. The molecule has 1 saturated carbocycles. The van der Waals surface area contributed by atoms with E-state index >= 15 is 0 Å². The van der Waals surface area contributed by atoms with E-state index in [1.807, 2.05) is 6.92 Å². The predicted octanol–water partition coefficient (Wildman–Crippen LogP) is 2.87. The minimum Gasteiger partial charge on any atom is -0.394 e. The van der Waals surface area contributed by atoms with E-state index in [1.165, 1.54) is 55.2 Å². The molecule has 0 aromatic heterocycles.